The molecule has 0 fully saturated rings. The Morgan fingerprint density at radius 2 is 1.94 bits per heavy atom. The number of hydrogen-bond donors (Lipinski definition) is 0. The van der Waals surface area contributed by atoms with Gasteiger partial charge in [-0.3, -0.25) is 0 Å². The molecule has 1 aromatic heterocycles. The summed E-state index contributed by atoms with van der Waals surface area (Å²) in [4.78, 5) is 11.5. The lowest BCUT2D eigenvalue weighted by Gasteiger charge is -2.00. The molecule has 0 radical (unpaired) electrons. The third kappa shape index (κ3) is 3.50. The Balaban J connectivity index is 1.96. The Labute approximate surface area is 110 Å². The molecule has 1 heterocycles. The molecule has 0 unspecified atom stereocenters. The first-order chi connectivity index (χ1) is 8.63. The van der Waals surface area contributed by atoms with Crippen LogP contribution in [-0.2, 0) is 4.79 Å². The molecule has 0 N–H and O–H groups in total. The zero-order valence-electron chi connectivity index (χ0n) is 9.72. The minimum atomic E-state index is -0.466. The lowest BCUT2D eigenvalue weighted by Crippen LogP contribution is -2.03. The van der Waals surface area contributed by atoms with Gasteiger partial charge in [-0.15, -0.1) is 0 Å². The number of ether oxygens (including phenoxy) is 1. The second kappa shape index (κ2) is 5.56. The molecular weight excluding hydrogens is 252 g/mol. The molecule has 18 heavy (non-hydrogen) atoms. The van der Waals surface area contributed by atoms with Crippen molar-refractivity contribution in [3.63, 3.8) is 0 Å². The maximum Gasteiger partial charge on any atom is 0.336 e. The van der Waals surface area contributed by atoms with E-state index < -0.39 is 5.97 Å². The summed E-state index contributed by atoms with van der Waals surface area (Å²) in [5, 5.41) is 0.594. The molecule has 0 spiro atoms. The summed E-state index contributed by atoms with van der Waals surface area (Å²) in [6, 6.07) is 10.2. The van der Waals surface area contributed by atoms with Gasteiger partial charge in [0.1, 0.15) is 17.3 Å². The van der Waals surface area contributed by atoms with Crippen molar-refractivity contribution in [3.05, 3.63) is 59.0 Å². The summed E-state index contributed by atoms with van der Waals surface area (Å²) < 4.78 is 10.4. The van der Waals surface area contributed by atoms with Crippen molar-refractivity contribution in [1.29, 1.82) is 0 Å². The monoisotopic (exact) mass is 262 g/mol. The standard InChI is InChI=1S/C14H11ClO3/c1-10-2-5-12(17-10)8-9-14(16)18-13-6-3-11(15)4-7-13/h2-9H,1H3. The van der Waals surface area contributed by atoms with Crippen LogP contribution in [0.4, 0.5) is 0 Å². The highest BCUT2D eigenvalue weighted by molar-refractivity contribution is 6.30. The quantitative estimate of drug-likeness (QED) is 0.479. The van der Waals surface area contributed by atoms with Gasteiger partial charge < -0.3 is 9.15 Å². The fourth-order valence-corrected chi connectivity index (χ4v) is 1.47. The highest BCUT2D eigenvalue weighted by Crippen LogP contribution is 2.16. The summed E-state index contributed by atoms with van der Waals surface area (Å²) in [6.45, 7) is 1.84. The van der Waals surface area contributed by atoms with Gasteiger partial charge in [0.15, 0.2) is 0 Å². The topological polar surface area (TPSA) is 39.4 Å². The van der Waals surface area contributed by atoms with E-state index in [0.717, 1.165) is 5.76 Å². The molecule has 0 aliphatic heterocycles. The number of halogens is 1. The van der Waals surface area contributed by atoms with Gasteiger partial charge in [0.05, 0.1) is 0 Å². The highest BCUT2D eigenvalue weighted by Gasteiger charge is 2.01. The van der Waals surface area contributed by atoms with E-state index in [1.54, 1.807) is 36.4 Å². The highest BCUT2D eigenvalue weighted by atomic mass is 35.5. The Kier molecular flexibility index (Phi) is 3.85. The summed E-state index contributed by atoms with van der Waals surface area (Å²) in [7, 11) is 0. The molecule has 0 atom stereocenters. The first-order valence-corrected chi connectivity index (χ1v) is 5.73. The average molecular weight is 263 g/mol. The number of aryl methyl sites for hydroxylation is 1. The minimum Gasteiger partial charge on any atom is -0.462 e. The normalized spacial score (nSPS) is 10.8. The SMILES string of the molecule is Cc1ccc(C=CC(=O)Oc2ccc(Cl)cc2)o1. The van der Waals surface area contributed by atoms with Crippen LogP contribution in [-0.4, -0.2) is 5.97 Å². The van der Waals surface area contributed by atoms with E-state index in [1.807, 2.05) is 13.0 Å². The van der Waals surface area contributed by atoms with Gasteiger partial charge in [-0.1, -0.05) is 11.6 Å². The van der Waals surface area contributed by atoms with E-state index in [-0.39, 0.29) is 0 Å². The first-order valence-electron chi connectivity index (χ1n) is 5.35. The zero-order valence-corrected chi connectivity index (χ0v) is 10.5. The van der Waals surface area contributed by atoms with Crippen molar-refractivity contribution < 1.29 is 13.9 Å². The number of benzene rings is 1. The van der Waals surface area contributed by atoms with E-state index in [0.29, 0.717) is 16.5 Å². The number of furan rings is 1. The molecule has 0 saturated heterocycles. The van der Waals surface area contributed by atoms with Crippen LogP contribution >= 0.6 is 11.6 Å². The van der Waals surface area contributed by atoms with Crippen molar-refractivity contribution in [1.82, 2.24) is 0 Å². The summed E-state index contributed by atoms with van der Waals surface area (Å²) in [6.07, 6.45) is 2.87. The van der Waals surface area contributed by atoms with Crippen molar-refractivity contribution in [2.45, 2.75) is 6.92 Å². The van der Waals surface area contributed by atoms with Crippen LogP contribution in [0.15, 0.2) is 46.9 Å². The molecule has 1 aromatic carbocycles. The summed E-state index contributed by atoms with van der Waals surface area (Å²) >= 11 is 5.72. The van der Waals surface area contributed by atoms with Crippen molar-refractivity contribution >= 4 is 23.6 Å². The van der Waals surface area contributed by atoms with Gasteiger partial charge in [0.2, 0.25) is 0 Å². The Hall–Kier alpha value is -2.00. The van der Waals surface area contributed by atoms with Crippen LogP contribution in [0.3, 0.4) is 0 Å². The third-order valence-electron chi connectivity index (χ3n) is 2.18. The van der Waals surface area contributed by atoms with E-state index in [2.05, 4.69) is 0 Å². The fourth-order valence-electron chi connectivity index (χ4n) is 1.35. The van der Waals surface area contributed by atoms with Crippen LogP contribution in [0, 0.1) is 6.92 Å². The second-order valence-corrected chi connectivity index (χ2v) is 4.09. The number of rotatable bonds is 3. The average Bonchev–Trinajstić information content (AvgIpc) is 2.76. The van der Waals surface area contributed by atoms with Crippen LogP contribution in [0.1, 0.15) is 11.5 Å². The zero-order chi connectivity index (χ0) is 13.0. The number of carbonyl (C=O) groups excluding carboxylic acids is 1. The number of hydrogen-bond acceptors (Lipinski definition) is 3. The Morgan fingerprint density at radius 3 is 2.56 bits per heavy atom. The predicted octanol–water partition coefficient (Wildman–Crippen LogP) is 3.86. The van der Waals surface area contributed by atoms with E-state index in [9.17, 15) is 4.79 Å². The number of carbonyl (C=O) groups is 1. The van der Waals surface area contributed by atoms with Crippen LogP contribution < -0.4 is 4.74 Å². The Bertz CT molecular complexity index is 567. The molecule has 2 aromatic rings. The molecule has 0 aliphatic carbocycles. The molecule has 92 valence electrons. The van der Waals surface area contributed by atoms with Crippen molar-refractivity contribution in [2.75, 3.05) is 0 Å². The van der Waals surface area contributed by atoms with Gasteiger partial charge in [-0.2, -0.15) is 0 Å². The molecular formula is C14H11ClO3. The second-order valence-electron chi connectivity index (χ2n) is 3.66. The molecule has 4 heteroatoms. The molecule has 3 nitrogen and oxygen atoms in total. The van der Waals surface area contributed by atoms with Gasteiger partial charge in [0.25, 0.3) is 0 Å². The molecule has 2 rings (SSSR count). The maximum absolute atomic E-state index is 11.5. The summed E-state index contributed by atoms with van der Waals surface area (Å²) in [5.74, 6) is 1.39. The maximum atomic E-state index is 11.5. The van der Waals surface area contributed by atoms with Gasteiger partial charge in [0, 0.05) is 11.1 Å². The molecule has 0 amide bonds. The summed E-state index contributed by atoms with van der Waals surface area (Å²) in [5.41, 5.74) is 0. The van der Waals surface area contributed by atoms with Gasteiger partial charge in [-0.25, -0.2) is 4.79 Å². The molecule has 0 saturated carbocycles. The number of esters is 1. The van der Waals surface area contributed by atoms with E-state index >= 15 is 0 Å². The fraction of sp³-hybridized carbons (Fsp3) is 0.0714. The van der Waals surface area contributed by atoms with Crippen LogP contribution in [0.5, 0.6) is 5.75 Å². The van der Waals surface area contributed by atoms with Crippen molar-refractivity contribution in [3.8, 4) is 5.75 Å². The lowest BCUT2D eigenvalue weighted by atomic mass is 10.3. The van der Waals surface area contributed by atoms with Crippen LogP contribution in [0.25, 0.3) is 6.08 Å². The minimum absolute atomic E-state index is 0.449. The molecule has 0 aliphatic rings. The predicted molar refractivity (Wildman–Crippen MR) is 69.6 cm³/mol. The van der Waals surface area contributed by atoms with Crippen LogP contribution in [0.2, 0.25) is 5.02 Å². The van der Waals surface area contributed by atoms with Gasteiger partial charge in [-0.05, 0) is 49.4 Å². The third-order valence-corrected chi connectivity index (χ3v) is 2.43. The van der Waals surface area contributed by atoms with Gasteiger partial charge >= 0.3 is 5.97 Å². The smallest absolute Gasteiger partial charge is 0.336 e. The first kappa shape index (κ1) is 12.5. The molecule has 0 bridgehead atoms. The van der Waals surface area contributed by atoms with E-state index in [1.165, 1.54) is 6.08 Å². The Morgan fingerprint density at radius 1 is 1.22 bits per heavy atom. The lowest BCUT2D eigenvalue weighted by molar-refractivity contribution is -0.128. The van der Waals surface area contributed by atoms with Crippen molar-refractivity contribution in [2.24, 2.45) is 0 Å². The van der Waals surface area contributed by atoms with E-state index in [4.69, 9.17) is 20.8 Å². The largest absolute Gasteiger partial charge is 0.462 e.